The maximum absolute atomic E-state index is 13.5. The predicted molar refractivity (Wildman–Crippen MR) is 89.5 cm³/mol. The molecule has 1 N–H and O–H groups in total. The zero-order valence-corrected chi connectivity index (χ0v) is 14.2. The van der Waals surface area contributed by atoms with Gasteiger partial charge in [0.25, 0.3) is 5.91 Å². The Balaban J connectivity index is 2.01. The molecule has 0 bridgehead atoms. The van der Waals surface area contributed by atoms with Gasteiger partial charge in [-0.3, -0.25) is 4.79 Å². The van der Waals surface area contributed by atoms with Crippen molar-refractivity contribution in [1.82, 2.24) is 5.32 Å². The van der Waals surface area contributed by atoms with E-state index in [2.05, 4.69) is 5.32 Å². The first-order valence-electron chi connectivity index (χ1n) is 7.05. The number of benzene rings is 2. The van der Waals surface area contributed by atoms with Crippen LogP contribution in [0.15, 0.2) is 42.5 Å². The summed E-state index contributed by atoms with van der Waals surface area (Å²) < 4.78 is 18.9. The quantitative estimate of drug-likeness (QED) is 0.838. The second-order valence-electron chi connectivity index (χ2n) is 5.09. The molecule has 0 unspecified atom stereocenters. The number of hydrogen-bond donors (Lipinski definition) is 1. The molecular formula is C17H16Cl2FNO2. The normalized spacial score (nSPS) is 13.3. The zero-order chi connectivity index (χ0) is 17.0. The average molecular weight is 356 g/mol. The van der Waals surface area contributed by atoms with Crippen molar-refractivity contribution in [3.05, 3.63) is 63.9 Å². The predicted octanol–water partition coefficient (Wildman–Crippen LogP) is 4.78. The number of halogens is 3. The topological polar surface area (TPSA) is 38.3 Å². The van der Waals surface area contributed by atoms with Gasteiger partial charge >= 0.3 is 0 Å². The lowest BCUT2D eigenvalue weighted by molar-refractivity contribution is -0.128. The highest BCUT2D eigenvalue weighted by Gasteiger charge is 2.20. The Kier molecular flexibility index (Phi) is 5.85. The molecule has 2 rings (SSSR count). The Morgan fingerprint density at radius 2 is 1.87 bits per heavy atom. The molecule has 6 heteroatoms. The first-order valence-corrected chi connectivity index (χ1v) is 7.80. The standard InChI is InChI=1S/C17H16Cl2FNO2/c1-10(13-8-7-12(18)9-14(13)19)21-17(22)11(2)23-16-6-4-3-5-15(16)20/h3-11H,1-2H3,(H,21,22)/t10-,11-/m0/s1. The lowest BCUT2D eigenvalue weighted by atomic mass is 10.1. The summed E-state index contributed by atoms with van der Waals surface area (Å²) in [5.74, 6) is -0.847. The Labute approximate surface area is 144 Å². The van der Waals surface area contributed by atoms with Gasteiger partial charge in [-0.2, -0.15) is 0 Å². The van der Waals surface area contributed by atoms with Crippen molar-refractivity contribution in [3.8, 4) is 5.75 Å². The van der Waals surface area contributed by atoms with E-state index in [4.69, 9.17) is 27.9 Å². The number of nitrogens with one attached hydrogen (secondary N) is 1. The second-order valence-corrected chi connectivity index (χ2v) is 5.93. The highest BCUT2D eigenvalue weighted by atomic mass is 35.5. The van der Waals surface area contributed by atoms with Gasteiger partial charge in [-0.1, -0.05) is 41.4 Å². The maximum Gasteiger partial charge on any atom is 0.261 e. The molecule has 0 fully saturated rings. The van der Waals surface area contributed by atoms with Gasteiger partial charge in [0.05, 0.1) is 6.04 Å². The van der Waals surface area contributed by atoms with E-state index < -0.39 is 11.9 Å². The molecule has 2 aromatic carbocycles. The maximum atomic E-state index is 13.5. The van der Waals surface area contributed by atoms with Crippen LogP contribution in [0.3, 0.4) is 0 Å². The molecule has 0 heterocycles. The van der Waals surface area contributed by atoms with E-state index >= 15 is 0 Å². The molecule has 0 saturated carbocycles. The Bertz CT molecular complexity index is 709. The van der Waals surface area contributed by atoms with E-state index in [0.29, 0.717) is 10.0 Å². The highest BCUT2D eigenvalue weighted by Crippen LogP contribution is 2.26. The van der Waals surface area contributed by atoms with Gasteiger partial charge in [-0.15, -0.1) is 0 Å². The summed E-state index contributed by atoms with van der Waals surface area (Å²) in [5, 5.41) is 3.77. The van der Waals surface area contributed by atoms with E-state index in [0.717, 1.165) is 5.56 Å². The van der Waals surface area contributed by atoms with Crippen LogP contribution in [0.5, 0.6) is 5.75 Å². The first kappa shape index (κ1) is 17.6. The molecule has 0 aliphatic heterocycles. The third-order valence-electron chi connectivity index (χ3n) is 3.30. The first-order chi connectivity index (χ1) is 10.9. The van der Waals surface area contributed by atoms with Gasteiger partial charge in [-0.25, -0.2) is 4.39 Å². The summed E-state index contributed by atoms with van der Waals surface area (Å²) >= 11 is 12.0. The molecule has 0 aliphatic carbocycles. The number of hydrogen-bond acceptors (Lipinski definition) is 2. The van der Waals surface area contributed by atoms with Crippen molar-refractivity contribution in [2.45, 2.75) is 26.0 Å². The smallest absolute Gasteiger partial charge is 0.261 e. The van der Waals surface area contributed by atoms with Crippen molar-refractivity contribution < 1.29 is 13.9 Å². The molecule has 2 aromatic rings. The summed E-state index contributed by atoms with van der Waals surface area (Å²) in [7, 11) is 0. The third-order valence-corrected chi connectivity index (χ3v) is 3.86. The van der Waals surface area contributed by atoms with Crippen LogP contribution >= 0.6 is 23.2 Å². The monoisotopic (exact) mass is 355 g/mol. The number of ether oxygens (including phenoxy) is 1. The summed E-state index contributed by atoms with van der Waals surface area (Å²) in [6.07, 6.45) is -0.847. The number of carbonyl (C=O) groups excluding carboxylic acids is 1. The Morgan fingerprint density at radius 1 is 1.17 bits per heavy atom. The molecule has 0 aliphatic rings. The summed E-state index contributed by atoms with van der Waals surface area (Å²) in [6.45, 7) is 3.35. The van der Waals surface area contributed by atoms with Crippen LogP contribution in [-0.2, 0) is 4.79 Å². The lowest BCUT2D eigenvalue weighted by Crippen LogP contribution is -2.38. The van der Waals surface area contributed by atoms with Gasteiger partial charge in [0, 0.05) is 10.0 Å². The summed E-state index contributed by atoms with van der Waals surface area (Å²) in [4.78, 5) is 12.2. The molecule has 122 valence electrons. The second kappa shape index (κ2) is 7.66. The van der Waals surface area contributed by atoms with Crippen LogP contribution in [0.1, 0.15) is 25.5 Å². The van der Waals surface area contributed by atoms with E-state index in [9.17, 15) is 9.18 Å². The minimum absolute atomic E-state index is 0.0346. The molecule has 1 amide bonds. The molecular weight excluding hydrogens is 340 g/mol. The molecule has 0 aromatic heterocycles. The van der Waals surface area contributed by atoms with Crippen molar-refractivity contribution in [2.75, 3.05) is 0 Å². The largest absolute Gasteiger partial charge is 0.478 e. The molecule has 0 radical (unpaired) electrons. The van der Waals surface area contributed by atoms with Gasteiger partial charge in [0.2, 0.25) is 0 Å². The Morgan fingerprint density at radius 3 is 2.52 bits per heavy atom. The number of rotatable bonds is 5. The fourth-order valence-corrected chi connectivity index (χ4v) is 2.62. The van der Waals surface area contributed by atoms with Crippen molar-refractivity contribution >= 4 is 29.1 Å². The van der Waals surface area contributed by atoms with Crippen LogP contribution in [0, 0.1) is 5.82 Å². The Hall–Kier alpha value is -1.78. The number of para-hydroxylation sites is 1. The van der Waals surface area contributed by atoms with E-state index in [-0.39, 0.29) is 17.7 Å². The summed E-state index contributed by atoms with van der Waals surface area (Å²) in [5.41, 5.74) is 0.738. The van der Waals surface area contributed by atoms with Gasteiger partial charge in [-0.05, 0) is 43.7 Å². The molecule has 3 nitrogen and oxygen atoms in total. The third kappa shape index (κ3) is 4.60. The van der Waals surface area contributed by atoms with E-state index in [1.807, 2.05) is 0 Å². The zero-order valence-electron chi connectivity index (χ0n) is 12.6. The molecule has 0 saturated heterocycles. The van der Waals surface area contributed by atoms with Crippen LogP contribution < -0.4 is 10.1 Å². The van der Waals surface area contributed by atoms with Crippen molar-refractivity contribution in [3.63, 3.8) is 0 Å². The van der Waals surface area contributed by atoms with E-state index in [1.54, 1.807) is 44.2 Å². The van der Waals surface area contributed by atoms with Crippen LogP contribution in [-0.4, -0.2) is 12.0 Å². The minimum Gasteiger partial charge on any atom is -0.478 e. The number of carbonyl (C=O) groups is 1. The SMILES string of the molecule is C[C@H](Oc1ccccc1F)C(=O)N[C@@H](C)c1ccc(Cl)cc1Cl. The molecule has 23 heavy (non-hydrogen) atoms. The fraction of sp³-hybridized carbons (Fsp3) is 0.235. The van der Waals surface area contributed by atoms with Crippen molar-refractivity contribution in [2.24, 2.45) is 0 Å². The molecule has 0 spiro atoms. The van der Waals surface area contributed by atoms with Crippen LogP contribution in [0.25, 0.3) is 0 Å². The minimum atomic E-state index is -0.847. The molecule has 2 atom stereocenters. The van der Waals surface area contributed by atoms with Crippen LogP contribution in [0.4, 0.5) is 4.39 Å². The fourth-order valence-electron chi connectivity index (χ4n) is 2.05. The number of amides is 1. The van der Waals surface area contributed by atoms with Crippen molar-refractivity contribution in [1.29, 1.82) is 0 Å². The van der Waals surface area contributed by atoms with Gasteiger partial charge < -0.3 is 10.1 Å². The van der Waals surface area contributed by atoms with Crippen LogP contribution in [0.2, 0.25) is 10.0 Å². The average Bonchev–Trinajstić information content (AvgIpc) is 2.49. The van der Waals surface area contributed by atoms with Gasteiger partial charge in [0.15, 0.2) is 17.7 Å². The van der Waals surface area contributed by atoms with Gasteiger partial charge in [0.1, 0.15) is 0 Å². The summed E-state index contributed by atoms with van der Waals surface area (Å²) in [6, 6.07) is 10.7. The van der Waals surface area contributed by atoms with E-state index in [1.165, 1.54) is 12.1 Å². The lowest BCUT2D eigenvalue weighted by Gasteiger charge is -2.20. The highest BCUT2D eigenvalue weighted by molar-refractivity contribution is 6.35.